The van der Waals surface area contributed by atoms with Gasteiger partial charge in [0, 0.05) is 43.1 Å². The van der Waals surface area contributed by atoms with Gasteiger partial charge in [0.1, 0.15) is 0 Å². The van der Waals surface area contributed by atoms with E-state index in [-0.39, 0.29) is 20.1 Å². The van der Waals surface area contributed by atoms with Gasteiger partial charge < -0.3 is 0 Å². The first-order valence-electron chi connectivity index (χ1n) is 13.6. The summed E-state index contributed by atoms with van der Waals surface area (Å²) >= 11 is 55.9. The summed E-state index contributed by atoms with van der Waals surface area (Å²) in [5.41, 5.74) is 0. The summed E-state index contributed by atoms with van der Waals surface area (Å²) in [5, 5.41) is 19.3. The Hall–Kier alpha value is -2.36. The summed E-state index contributed by atoms with van der Waals surface area (Å²) in [5.74, 6) is 0. The number of halogens is 8. The fraction of sp³-hybridized carbons (Fsp3) is 0. The van der Waals surface area contributed by atoms with Crippen LogP contribution < -0.4 is 0 Å². The van der Waals surface area contributed by atoms with Crippen molar-refractivity contribution in [1.82, 2.24) is 0 Å². The molecule has 0 nitrogen and oxygen atoms in total. The van der Waals surface area contributed by atoms with Crippen molar-refractivity contribution in [3.05, 3.63) is 101 Å². The molecule has 0 fully saturated rings. The van der Waals surface area contributed by atoms with Gasteiger partial charge in [-0.15, -0.1) is 0 Å². The summed E-state index contributed by atoms with van der Waals surface area (Å²) in [6, 6.07) is 21.0. The molecule has 10 aromatic rings. The lowest BCUT2D eigenvalue weighted by molar-refractivity contribution is 1.82. The highest BCUT2D eigenvalue weighted by Gasteiger charge is 2.32. The molecular formula is C36H10Cl8. The maximum atomic E-state index is 7.20. The Balaban J connectivity index is 1.77. The van der Waals surface area contributed by atoms with Gasteiger partial charge in [0.05, 0.1) is 40.2 Å². The third-order valence-corrected chi connectivity index (χ3v) is 12.9. The minimum atomic E-state index is 0.187. The number of hydrogen-bond acceptors (Lipinski definition) is 0. The van der Waals surface area contributed by atoms with E-state index >= 15 is 0 Å². The minimum Gasteiger partial charge on any atom is -0.0827 e. The molecule has 0 saturated carbocycles. The molecule has 0 bridgehead atoms. The van der Waals surface area contributed by atoms with Crippen LogP contribution in [0.3, 0.4) is 0 Å². The molecule has 0 unspecified atom stereocenters. The van der Waals surface area contributed by atoms with Crippen LogP contribution in [0.5, 0.6) is 0 Å². The monoisotopic (exact) mass is 722 g/mol. The summed E-state index contributed by atoms with van der Waals surface area (Å²) in [6.07, 6.45) is 0. The van der Waals surface area contributed by atoms with E-state index in [2.05, 4.69) is 54.6 Å². The zero-order valence-electron chi connectivity index (χ0n) is 21.8. The fourth-order valence-electron chi connectivity index (χ4n) is 7.92. The second-order valence-electron chi connectivity index (χ2n) is 11.3. The molecular weight excluding hydrogens is 716 g/mol. The van der Waals surface area contributed by atoms with Gasteiger partial charge in [-0.3, -0.25) is 0 Å². The largest absolute Gasteiger partial charge is 0.0827 e. The van der Waals surface area contributed by atoms with Crippen LogP contribution in [0.4, 0.5) is 0 Å². The number of fused-ring (bicyclic) bond motifs is 12. The maximum Gasteiger partial charge on any atom is 0.0791 e. The lowest BCUT2D eigenvalue weighted by atomic mass is 9.97. The van der Waals surface area contributed by atoms with Crippen LogP contribution in [0.1, 0.15) is 0 Å². The smallest absolute Gasteiger partial charge is 0.0791 e. The highest BCUT2D eigenvalue weighted by molar-refractivity contribution is 6.66. The first-order valence-corrected chi connectivity index (χ1v) is 16.6. The molecule has 10 rings (SSSR count). The second-order valence-corrected chi connectivity index (χ2v) is 14.3. The van der Waals surface area contributed by atoms with E-state index in [0.29, 0.717) is 36.2 Å². The van der Waals surface area contributed by atoms with E-state index < -0.39 is 0 Å². The molecule has 0 spiro atoms. The van der Waals surface area contributed by atoms with E-state index in [1.54, 1.807) is 0 Å². The lowest BCUT2D eigenvalue weighted by Crippen LogP contribution is -1.84. The Morgan fingerprint density at radius 1 is 0.273 bits per heavy atom. The van der Waals surface area contributed by atoms with Gasteiger partial charge in [-0.2, -0.15) is 0 Å². The van der Waals surface area contributed by atoms with Gasteiger partial charge in [-0.25, -0.2) is 0 Å². The fourth-order valence-corrected chi connectivity index (χ4v) is 10.0. The van der Waals surface area contributed by atoms with Gasteiger partial charge >= 0.3 is 0 Å². The Morgan fingerprint density at radius 2 is 0.659 bits per heavy atom. The topological polar surface area (TPSA) is 0 Å². The van der Waals surface area contributed by atoms with E-state index in [0.717, 1.165) is 75.4 Å². The minimum absolute atomic E-state index is 0.187. The molecule has 0 saturated heterocycles. The van der Waals surface area contributed by atoms with Crippen LogP contribution in [-0.2, 0) is 0 Å². The van der Waals surface area contributed by atoms with E-state index in [1.807, 2.05) is 6.07 Å². The van der Waals surface area contributed by atoms with Crippen molar-refractivity contribution in [3.8, 4) is 0 Å². The quantitative estimate of drug-likeness (QED) is 0.137. The zero-order chi connectivity index (χ0) is 30.1. The number of benzene rings is 7. The van der Waals surface area contributed by atoms with E-state index in [1.165, 1.54) is 5.39 Å². The van der Waals surface area contributed by atoms with Gasteiger partial charge in [0.2, 0.25) is 0 Å². The summed E-state index contributed by atoms with van der Waals surface area (Å²) in [7, 11) is 0. The van der Waals surface area contributed by atoms with Crippen molar-refractivity contribution in [2.24, 2.45) is 0 Å². The van der Waals surface area contributed by atoms with Crippen LogP contribution in [0.2, 0.25) is 40.2 Å². The predicted octanol–water partition coefficient (Wildman–Crippen LogP) is 15.6. The molecule has 0 aliphatic carbocycles. The van der Waals surface area contributed by atoms with Crippen molar-refractivity contribution >= 4 is 190 Å². The average molecular weight is 726 g/mol. The van der Waals surface area contributed by atoms with Gasteiger partial charge in [-0.1, -0.05) is 147 Å². The summed E-state index contributed by atoms with van der Waals surface area (Å²) in [6.45, 7) is 0. The number of hydrogen-bond donors (Lipinski definition) is 0. The highest BCUT2D eigenvalue weighted by Crippen LogP contribution is 2.61. The third kappa shape index (κ3) is 2.87. The molecule has 210 valence electrons. The van der Waals surface area contributed by atoms with E-state index in [9.17, 15) is 0 Å². The van der Waals surface area contributed by atoms with Crippen LogP contribution in [0.25, 0.3) is 97.0 Å². The first-order chi connectivity index (χ1) is 21.2. The average Bonchev–Trinajstić information content (AvgIpc) is 3.66. The Morgan fingerprint density at radius 3 is 1.20 bits per heavy atom. The van der Waals surface area contributed by atoms with Crippen molar-refractivity contribution in [2.45, 2.75) is 0 Å². The van der Waals surface area contributed by atoms with Crippen LogP contribution >= 0.6 is 92.8 Å². The maximum absolute atomic E-state index is 7.20. The molecule has 0 aliphatic rings. The second kappa shape index (κ2) is 8.71. The lowest BCUT2D eigenvalue weighted by Gasteiger charge is -2.12. The predicted molar refractivity (Wildman–Crippen MR) is 198 cm³/mol. The standard InChI is InChI=1S/C36H10Cl8/c37-16-10-12-6-3-9-15-18(12)26(30(16)38)22-21(15)19-13-7-1-4-11-5-2-8-14(17(11)13)20(19)23-24(22)28-25-27(23)31(39)35(43)33(41)29(25)34(42)36(44)32(28)40/h1-10H. The molecule has 0 N–H and O–H groups in total. The Bertz CT molecular complexity index is 2950. The Kier molecular flexibility index (Phi) is 5.31. The summed E-state index contributed by atoms with van der Waals surface area (Å²) < 4.78 is 0. The number of rotatable bonds is 0. The van der Waals surface area contributed by atoms with E-state index in [4.69, 9.17) is 92.8 Å². The highest BCUT2D eigenvalue weighted by atomic mass is 35.5. The molecule has 10 aromatic carbocycles. The van der Waals surface area contributed by atoms with Crippen LogP contribution in [-0.4, -0.2) is 0 Å². The molecule has 0 aromatic heterocycles. The molecule has 0 heterocycles. The van der Waals surface area contributed by atoms with Crippen LogP contribution in [0, 0.1) is 0 Å². The van der Waals surface area contributed by atoms with Crippen molar-refractivity contribution < 1.29 is 0 Å². The zero-order valence-corrected chi connectivity index (χ0v) is 27.8. The van der Waals surface area contributed by atoms with Gasteiger partial charge in [0.25, 0.3) is 0 Å². The van der Waals surface area contributed by atoms with Gasteiger partial charge in [0.15, 0.2) is 0 Å². The molecule has 44 heavy (non-hydrogen) atoms. The molecule has 0 radical (unpaired) electrons. The first kappa shape index (κ1) is 26.8. The van der Waals surface area contributed by atoms with Crippen molar-refractivity contribution in [3.63, 3.8) is 0 Å². The molecule has 0 aliphatic heterocycles. The van der Waals surface area contributed by atoms with Gasteiger partial charge in [-0.05, 0) is 59.9 Å². The molecule has 0 atom stereocenters. The summed E-state index contributed by atoms with van der Waals surface area (Å²) in [4.78, 5) is 0. The molecule has 8 heteroatoms. The third-order valence-electron chi connectivity index (χ3n) is 9.42. The normalized spacial score (nSPS) is 13.0. The van der Waals surface area contributed by atoms with Crippen molar-refractivity contribution in [1.29, 1.82) is 0 Å². The Labute approximate surface area is 288 Å². The van der Waals surface area contributed by atoms with Crippen molar-refractivity contribution in [2.75, 3.05) is 0 Å². The van der Waals surface area contributed by atoms with Crippen LogP contribution in [0.15, 0.2) is 60.7 Å². The SMILES string of the molecule is Clc1cc2cccc3c2c(c1Cl)c1c3c2c3cccc4cccc(c43)c2c2c3c(Cl)c(Cl)c(Cl)c4c(Cl)c(Cl)c(Cl)c(c43)c12. The molecule has 0 amide bonds.